The summed E-state index contributed by atoms with van der Waals surface area (Å²) in [6.07, 6.45) is 5.65. The summed E-state index contributed by atoms with van der Waals surface area (Å²) in [7, 11) is 0. The van der Waals surface area contributed by atoms with Crippen LogP contribution >= 0.6 is 15.9 Å². The molecule has 1 fully saturated rings. The number of aromatic nitrogens is 3. The fraction of sp³-hybridized carbons (Fsp3) is 0.435. The van der Waals surface area contributed by atoms with Gasteiger partial charge in [-0.25, -0.2) is 0 Å². The molecule has 0 amide bonds. The van der Waals surface area contributed by atoms with Gasteiger partial charge in [-0.15, -0.1) is 0 Å². The van der Waals surface area contributed by atoms with E-state index in [1.165, 1.54) is 0 Å². The Labute approximate surface area is 194 Å². The normalized spacial score (nSPS) is 17.0. The highest BCUT2D eigenvalue weighted by Gasteiger charge is 2.20. The molecule has 2 aliphatic heterocycles. The maximum Gasteiger partial charge on any atom is 0.251 e. The summed E-state index contributed by atoms with van der Waals surface area (Å²) < 4.78 is 13.9. The molecule has 8 nitrogen and oxygen atoms in total. The first-order valence-corrected chi connectivity index (χ1v) is 11.8. The molecular formula is C23H26BrN5O3. The van der Waals surface area contributed by atoms with Crippen molar-refractivity contribution in [2.24, 2.45) is 0 Å². The SMILES string of the molecule is O=c1ccc2ncc(Br)cc2n1CCN1CCC(NCc2cc3c(cn2)OCCO3)CC1. The summed E-state index contributed by atoms with van der Waals surface area (Å²) in [6, 6.07) is 7.78. The van der Waals surface area contributed by atoms with Crippen LogP contribution in [-0.4, -0.2) is 58.3 Å². The lowest BCUT2D eigenvalue weighted by atomic mass is 10.0. The summed E-state index contributed by atoms with van der Waals surface area (Å²) in [5, 5.41) is 3.62. The first kappa shape index (κ1) is 21.4. The van der Waals surface area contributed by atoms with E-state index in [1.807, 2.05) is 16.7 Å². The van der Waals surface area contributed by atoms with Crippen molar-refractivity contribution >= 4 is 27.0 Å². The van der Waals surface area contributed by atoms with Gasteiger partial charge in [0.1, 0.15) is 13.2 Å². The van der Waals surface area contributed by atoms with Crippen LogP contribution in [0, 0.1) is 0 Å². The second-order valence-electron chi connectivity index (χ2n) is 8.20. The molecule has 0 aliphatic carbocycles. The Bertz CT molecular complexity index is 1160. The summed E-state index contributed by atoms with van der Waals surface area (Å²) in [5.41, 5.74) is 2.69. The molecule has 9 heteroatoms. The summed E-state index contributed by atoms with van der Waals surface area (Å²) >= 11 is 3.46. The largest absolute Gasteiger partial charge is 0.486 e. The average molecular weight is 500 g/mol. The molecule has 0 radical (unpaired) electrons. The van der Waals surface area contributed by atoms with Gasteiger partial charge in [-0.1, -0.05) is 0 Å². The fourth-order valence-electron chi connectivity index (χ4n) is 4.31. The van der Waals surface area contributed by atoms with Crippen molar-refractivity contribution in [2.45, 2.75) is 32.0 Å². The van der Waals surface area contributed by atoms with Crippen LogP contribution in [0.15, 0.2) is 45.9 Å². The maximum absolute atomic E-state index is 12.4. The van der Waals surface area contributed by atoms with E-state index in [1.54, 1.807) is 24.5 Å². The second kappa shape index (κ2) is 9.56. The van der Waals surface area contributed by atoms with Gasteiger partial charge in [0.2, 0.25) is 0 Å². The number of hydrogen-bond donors (Lipinski definition) is 1. The quantitative estimate of drug-likeness (QED) is 0.557. The van der Waals surface area contributed by atoms with E-state index in [9.17, 15) is 4.79 Å². The molecule has 0 bridgehead atoms. The highest BCUT2D eigenvalue weighted by Crippen LogP contribution is 2.29. The lowest BCUT2D eigenvalue weighted by Gasteiger charge is -2.32. The van der Waals surface area contributed by atoms with Gasteiger partial charge < -0.3 is 24.3 Å². The minimum absolute atomic E-state index is 0.0147. The number of rotatable bonds is 6. The molecule has 5 heterocycles. The molecule has 2 aliphatic rings. The van der Waals surface area contributed by atoms with Crippen molar-refractivity contribution in [3.63, 3.8) is 0 Å². The molecule has 0 aromatic carbocycles. The minimum atomic E-state index is 0.0147. The smallest absolute Gasteiger partial charge is 0.251 e. The van der Waals surface area contributed by atoms with Crippen LogP contribution in [0.25, 0.3) is 11.0 Å². The van der Waals surface area contributed by atoms with E-state index < -0.39 is 0 Å². The number of halogens is 1. The van der Waals surface area contributed by atoms with E-state index in [2.05, 4.69) is 36.1 Å². The van der Waals surface area contributed by atoms with Crippen molar-refractivity contribution < 1.29 is 9.47 Å². The number of nitrogens with zero attached hydrogens (tertiary/aromatic N) is 4. The van der Waals surface area contributed by atoms with Crippen LogP contribution in [0.5, 0.6) is 11.5 Å². The van der Waals surface area contributed by atoms with E-state index in [0.717, 1.165) is 65.2 Å². The van der Waals surface area contributed by atoms with Gasteiger partial charge >= 0.3 is 0 Å². The third-order valence-corrected chi connectivity index (χ3v) is 6.52. The zero-order valence-electron chi connectivity index (χ0n) is 17.8. The monoisotopic (exact) mass is 499 g/mol. The summed E-state index contributed by atoms with van der Waals surface area (Å²) in [5.74, 6) is 1.51. The molecule has 32 heavy (non-hydrogen) atoms. The molecule has 0 atom stereocenters. The Balaban J connectivity index is 1.13. The van der Waals surface area contributed by atoms with E-state index in [-0.39, 0.29) is 5.56 Å². The van der Waals surface area contributed by atoms with Gasteiger partial charge in [0, 0.05) is 48.5 Å². The number of ether oxygens (including phenoxy) is 2. The molecule has 3 aromatic heterocycles. The minimum Gasteiger partial charge on any atom is -0.486 e. The highest BCUT2D eigenvalue weighted by atomic mass is 79.9. The van der Waals surface area contributed by atoms with Crippen molar-refractivity contribution in [1.82, 2.24) is 24.8 Å². The first-order valence-electron chi connectivity index (χ1n) is 11.0. The number of piperidine rings is 1. The van der Waals surface area contributed by atoms with Gasteiger partial charge in [0.25, 0.3) is 5.56 Å². The zero-order chi connectivity index (χ0) is 21.9. The predicted molar refractivity (Wildman–Crippen MR) is 125 cm³/mol. The lowest BCUT2D eigenvalue weighted by molar-refractivity contribution is 0.170. The first-order chi connectivity index (χ1) is 15.7. The Kier molecular flexibility index (Phi) is 6.38. The molecule has 0 spiro atoms. The molecule has 0 saturated carbocycles. The molecule has 0 unspecified atom stereocenters. The second-order valence-corrected chi connectivity index (χ2v) is 9.11. The standard InChI is InChI=1S/C23H26BrN5O3/c24-16-11-20-19(27-13-16)1-2-23(30)29(20)8-7-28-5-3-17(4-6-28)25-14-18-12-21-22(15-26-18)32-10-9-31-21/h1-2,11-13,15,17,25H,3-10,14H2. The van der Waals surface area contributed by atoms with Crippen molar-refractivity contribution in [2.75, 3.05) is 32.8 Å². The van der Waals surface area contributed by atoms with Crippen LogP contribution in [0.3, 0.4) is 0 Å². The Morgan fingerprint density at radius 3 is 2.69 bits per heavy atom. The topological polar surface area (TPSA) is 81.5 Å². The summed E-state index contributed by atoms with van der Waals surface area (Å²) in [4.78, 5) is 23.8. The zero-order valence-corrected chi connectivity index (χ0v) is 19.4. The van der Waals surface area contributed by atoms with Crippen LogP contribution in [0.2, 0.25) is 0 Å². The fourth-order valence-corrected chi connectivity index (χ4v) is 4.63. The van der Waals surface area contributed by atoms with Crippen molar-refractivity contribution in [1.29, 1.82) is 0 Å². The van der Waals surface area contributed by atoms with E-state index in [0.29, 0.717) is 32.3 Å². The Morgan fingerprint density at radius 1 is 1.03 bits per heavy atom. The van der Waals surface area contributed by atoms with Crippen molar-refractivity contribution in [3.8, 4) is 11.5 Å². The third-order valence-electron chi connectivity index (χ3n) is 6.09. The molecule has 1 N–H and O–H groups in total. The van der Waals surface area contributed by atoms with E-state index >= 15 is 0 Å². The number of fused-ring (bicyclic) bond motifs is 2. The highest BCUT2D eigenvalue weighted by molar-refractivity contribution is 9.10. The van der Waals surface area contributed by atoms with Crippen LogP contribution in [-0.2, 0) is 13.1 Å². The van der Waals surface area contributed by atoms with Crippen LogP contribution in [0.4, 0.5) is 0 Å². The Hall–Kier alpha value is -2.49. The summed E-state index contributed by atoms with van der Waals surface area (Å²) in [6.45, 7) is 5.40. The maximum atomic E-state index is 12.4. The predicted octanol–water partition coefficient (Wildman–Crippen LogP) is 2.58. The van der Waals surface area contributed by atoms with Gasteiger partial charge in [-0.2, -0.15) is 0 Å². The van der Waals surface area contributed by atoms with Gasteiger partial charge in [0.05, 0.1) is 22.9 Å². The van der Waals surface area contributed by atoms with E-state index in [4.69, 9.17) is 9.47 Å². The average Bonchev–Trinajstić information content (AvgIpc) is 2.82. The van der Waals surface area contributed by atoms with Gasteiger partial charge in [0.15, 0.2) is 11.5 Å². The number of likely N-dealkylation sites (tertiary alicyclic amines) is 1. The molecule has 3 aromatic rings. The number of nitrogens with one attached hydrogen (secondary N) is 1. The molecular weight excluding hydrogens is 474 g/mol. The van der Waals surface area contributed by atoms with Gasteiger partial charge in [-0.3, -0.25) is 14.8 Å². The van der Waals surface area contributed by atoms with Gasteiger partial charge in [-0.05, 0) is 54.0 Å². The van der Waals surface area contributed by atoms with Crippen molar-refractivity contribution in [3.05, 3.63) is 57.2 Å². The molecule has 1 saturated heterocycles. The van der Waals surface area contributed by atoms with Crippen LogP contribution in [0.1, 0.15) is 18.5 Å². The number of pyridine rings is 3. The molecule has 5 rings (SSSR count). The van der Waals surface area contributed by atoms with Crippen LogP contribution < -0.4 is 20.3 Å². The third kappa shape index (κ3) is 4.79. The molecule has 168 valence electrons. The lowest BCUT2D eigenvalue weighted by Crippen LogP contribution is -2.43. The number of hydrogen-bond acceptors (Lipinski definition) is 7. The Morgan fingerprint density at radius 2 is 1.84 bits per heavy atom.